The predicted octanol–water partition coefficient (Wildman–Crippen LogP) is 4.85. The van der Waals surface area contributed by atoms with Gasteiger partial charge in [-0.05, 0) is 92.7 Å². The summed E-state index contributed by atoms with van der Waals surface area (Å²) in [6.45, 7) is 3.76. The number of anilines is 1. The van der Waals surface area contributed by atoms with E-state index in [-0.39, 0.29) is 5.91 Å². The number of amides is 1. The van der Waals surface area contributed by atoms with Crippen LogP contribution in [-0.2, 0) is 10.2 Å². The normalized spacial score (nSPS) is 29.8. The van der Waals surface area contributed by atoms with Crippen LogP contribution in [0.15, 0.2) is 36.4 Å². The van der Waals surface area contributed by atoms with Crippen molar-refractivity contribution in [1.82, 2.24) is 10.2 Å². The van der Waals surface area contributed by atoms with Gasteiger partial charge in [0.1, 0.15) is 0 Å². The van der Waals surface area contributed by atoms with Crippen LogP contribution < -0.4 is 10.9 Å². The number of benzene rings is 1. The zero-order chi connectivity index (χ0) is 21.0. The van der Waals surface area contributed by atoms with Crippen molar-refractivity contribution in [3.63, 3.8) is 0 Å². The predicted molar refractivity (Wildman–Crippen MR) is 118 cm³/mol. The number of hydrazine groups is 1. The third-order valence-corrected chi connectivity index (χ3v) is 8.14. The molecule has 4 aliphatic rings. The Morgan fingerprint density at radius 1 is 1.03 bits per heavy atom. The Hall–Kier alpha value is -1.98. The molecule has 0 saturated heterocycles. The first-order valence-corrected chi connectivity index (χ1v) is 11.4. The van der Waals surface area contributed by atoms with E-state index in [1.54, 1.807) is 0 Å². The van der Waals surface area contributed by atoms with Crippen LogP contribution >= 0.6 is 11.6 Å². The standard InChI is InChI=1S/C24H29ClN4O/c1-24(2,18-6-4-3-5-7-18)23(30)29(26)20-13-19(22(25)28-27-20)21-16-9-14-8-15(11-16)12-17(21)10-14/h3-7,13-17,21H,8-12,26H2,1-2H3. The minimum atomic E-state index is -0.778. The quantitative estimate of drug-likeness (QED) is 0.432. The number of carbonyl (C=O) groups excluding carboxylic acids is 1. The Morgan fingerprint density at radius 2 is 1.63 bits per heavy atom. The number of nitrogens with two attached hydrogens (primary N) is 1. The molecule has 158 valence electrons. The lowest BCUT2D eigenvalue weighted by Gasteiger charge is -2.54. The van der Waals surface area contributed by atoms with Crippen molar-refractivity contribution in [3.8, 4) is 0 Å². The van der Waals surface area contributed by atoms with E-state index in [0.29, 0.717) is 28.7 Å². The molecule has 1 aromatic carbocycles. The molecule has 6 heteroatoms. The van der Waals surface area contributed by atoms with Gasteiger partial charge < -0.3 is 0 Å². The molecule has 1 aromatic heterocycles. The second-order valence-corrected chi connectivity index (χ2v) is 10.4. The number of carbonyl (C=O) groups is 1. The molecule has 4 bridgehead atoms. The van der Waals surface area contributed by atoms with Gasteiger partial charge in [-0.2, -0.15) is 0 Å². The van der Waals surface area contributed by atoms with Gasteiger partial charge in [0.05, 0.1) is 5.41 Å². The average Bonchev–Trinajstić information content (AvgIpc) is 2.73. The maximum absolute atomic E-state index is 13.3. The summed E-state index contributed by atoms with van der Waals surface area (Å²) in [6, 6.07) is 11.6. The molecule has 2 aromatic rings. The van der Waals surface area contributed by atoms with Crippen LogP contribution in [0.3, 0.4) is 0 Å². The number of aromatic nitrogens is 2. The van der Waals surface area contributed by atoms with Crippen LogP contribution in [0.25, 0.3) is 0 Å². The van der Waals surface area contributed by atoms with Crippen LogP contribution in [0, 0.1) is 23.7 Å². The second-order valence-electron chi connectivity index (χ2n) is 10.1. The van der Waals surface area contributed by atoms with Crippen molar-refractivity contribution in [2.45, 2.75) is 57.3 Å². The van der Waals surface area contributed by atoms with E-state index in [4.69, 9.17) is 17.4 Å². The number of halogens is 1. The highest BCUT2D eigenvalue weighted by Gasteiger charge is 2.49. The van der Waals surface area contributed by atoms with Crippen LogP contribution in [0.2, 0.25) is 5.15 Å². The molecule has 0 radical (unpaired) electrons. The lowest BCUT2D eigenvalue weighted by atomic mass is 9.51. The van der Waals surface area contributed by atoms with Gasteiger partial charge >= 0.3 is 0 Å². The highest BCUT2D eigenvalue weighted by atomic mass is 35.5. The van der Waals surface area contributed by atoms with Gasteiger partial charge in [0.15, 0.2) is 11.0 Å². The summed E-state index contributed by atoms with van der Waals surface area (Å²) in [6.07, 6.45) is 6.57. The van der Waals surface area contributed by atoms with Gasteiger partial charge in [-0.3, -0.25) is 4.79 Å². The van der Waals surface area contributed by atoms with E-state index in [0.717, 1.165) is 28.0 Å². The van der Waals surface area contributed by atoms with Gasteiger partial charge in [-0.25, -0.2) is 10.9 Å². The molecule has 30 heavy (non-hydrogen) atoms. The summed E-state index contributed by atoms with van der Waals surface area (Å²) in [7, 11) is 0. The van der Waals surface area contributed by atoms with Crippen molar-refractivity contribution < 1.29 is 4.79 Å². The van der Waals surface area contributed by atoms with Gasteiger partial charge in [0.2, 0.25) is 0 Å². The Labute approximate surface area is 183 Å². The van der Waals surface area contributed by atoms with E-state index < -0.39 is 5.41 Å². The molecule has 0 unspecified atom stereocenters. The van der Waals surface area contributed by atoms with Crippen molar-refractivity contribution in [2.24, 2.45) is 29.5 Å². The maximum Gasteiger partial charge on any atom is 0.252 e. The third kappa shape index (κ3) is 3.23. The van der Waals surface area contributed by atoms with Crippen LogP contribution in [0.4, 0.5) is 5.82 Å². The monoisotopic (exact) mass is 424 g/mol. The summed E-state index contributed by atoms with van der Waals surface area (Å²) in [4.78, 5) is 13.3. The highest BCUT2D eigenvalue weighted by Crippen LogP contribution is 2.60. The smallest absolute Gasteiger partial charge is 0.252 e. The SMILES string of the molecule is CC(C)(C(=O)N(N)c1cc(C2C3CC4CC(C3)CC2C4)c(Cl)nn1)c1ccccc1. The first kappa shape index (κ1) is 20.0. The Kier molecular flexibility index (Phi) is 4.86. The molecule has 4 saturated carbocycles. The molecule has 1 heterocycles. The summed E-state index contributed by atoms with van der Waals surface area (Å²) >= 11 is 6.54. The Bertz CT molecular complexity index is 933. The molecule has 4 fully saturated rings. The second kappa shape index (κ2) is 7.31. The topological polar surface area (TPSA) is 72.1 Å². The summed E-state index contributed by atoms with van der Waals surface area (Å²) in [5.74, 6) is 9.95. The minimum Gasteiger partial charge on any atom is -0.272 e. The molecule has 0 aliphatic heterocycles. The van der Waals surface area contributed by atoms with Gasteiger partial charge in [0.25, 0.3) is 5.91 Å². The maximum atomic E-state index is 13.3. The summed E-state index contributed by atoms with van der Waals surface area (Å²) < 4.78 is 0. The van der Waals surface area contributed by atoms with Gasteiger partial charge in [-0.1, -0.05) is 41.9 Å². The van der Waals surface area contributed by atoms with E-state index in [1.807, 2.05) is 50.2 Å². The molecule has 0 spiro atoms. The van der Waals surface area contributed by atoms with E-state index in [9.17, 15) is 4.79 Å². The van der Waals surface area contributed by atoms with Gasteiger partial charge in [0, 0.05) is 0 Å². The first-order valence-electron chi connectivity index (χ1n) is 11.0. The fourth-order valence-electron chi connectivity index (χ4n) is 6.55. The number of nitrogens with zero attached hydrogens (tertiary/aromatic N) is 3. The van der Waals surface area contributed by atoms with Crippen LogP contribution in [0.5, 0.6) is 0 Å². The fraction of sp³-hybridized carbons (Fsp3) is 0.542. The fourth-order valence-corrected chi connectivity index (χ4v) is 6.77. The van der Waals surface area contributed by atoms with Crippen LogP contribution in [0.1, 0.15) is 63.0 Å². The van der Waals surface area contributed by atoms with E-state index in [2.05, 4.69) is 10.2 Å². The van der Waals surface area contributed by atoms with Gasteiger partial charge in [-0.15, -0.1) is 10.2 Å². The number of rotatable bonds is 4. The largest absolute Gasteiger partial charge is 0.272 e. The lowest BCUT2D eigenvalue weighted by molar-refractivity contribution is -0.123. The lowest BCUT2D eigenvalue weighted by Crippen LogP contribution is -2.48. The third-order valence-electron chi connectivity index (χ3n) is 7.84. The number of hydrogen-bond acceptors (Lipinski definition) is 4. The van der Waals surface area contributed by atoms with Crippen LogP contribution in [-0.4, -0.2) is 16.1 Å². The molecule has 1 amide bonds. The zero-order valence-corrected chi connectivity index (χ0v) is 18.3. The molecule has 4 aliphatic carbocycles. The highest BCUT2D eigenvalue weighted by molar-refractivity contribution is 6.30. The molecule has 6 rings (SSSR count). The minimum absolute atomic E-state index is 0.221. The molecular weight excluding hydrogens is 396 g/mol. The van der Waals surface area contributed by atoms with E-state index >= 15 is 0 Å². The summed E-state index contributed by atoms with van der Waals surface area (Å²) in [5.41, 5.74) is 1.16. The average molecular weight is 425 g/mol. The molecular formula is C24H29ClN4O. The molecule has 2 N–H and O–H groups in total. The Morgan fingerprint density at radius 3 is 2.23 bits per heavy atom. The number of hydrogen-bond donors (Lipinski definition) is 1. The molecule has 0 atom stereocenters. The van der Waals surface area contributed by atoms with Crippen molar-refractivity contribution in [2.75, 3.05) is 5.01 Å². The Balaban J connectivity index is 1.44. The summed E-state index contributed by atoms with van der Waals surface area (Å²) in [5, 5.41) is 10.00. The molecule has 5 nitrogen and oxygen atoms in total. The van der Waals surface area contributed by atoms with E-state index in [1.165, 1.54) is 32.1 Å². The van der Waals surface area contributed by atoms with Crippen molar-refractivity contribution in [1.29, 1.82) is 0 Å². The first-order chi connectivity index (χ1) is 14.3. The zero-order valence-electron chi connectivity index (χ0n) is 17.6. The van der Waals surface area contributed by atoms with Crippen molar-refractivity contribution in [3.05, 3.63) is 52.7 Å². The van der Waals surface area contributed by atoms with Crippen molar-refractivity contribution >= 4 is 23.3 Å².